The summed E-state index contributed by atoms with van der Waals surface area (Å²) in [5.74, 6) is 0. The predicted octanol–water partition coefficient (Wildman–Crippen LogP) is 1.75. The molecule has 19 heavy (non-hydrogen) atoms. The van der Waals surface area contributed by atoms with E-state index in [1.807, 2.05) is 0 Å². The molecule has 110 valence electrons. The van der Waals surface area contributed by atoms with Crippen molar-refractivity contribution in [3.05, 3.63) is 0 Å². The molecule has 0 radical (unpaired) electrons. The van der Waals surface area contributed by atoms with Crippen molar-refractivity contribution in [2.45, 2.75) is 58.1 Å². The number of rotatable bonds is 4. The molecule has 0 aromatic rings. The highest BCUT2D eigenvalue weighted by molar-refractivity contribution is 5.74. The van der Waals surface area contributed by atoms with E-state index in [-0.39, 0.29) is 6.03 Å². The first-order valence-electron chi connectivity index (χ1n) is 6.88. The molecule has 1 aliphatic carbocycles. The summed E-state index contributed by atoms with van der Waals surface area (Å²) in [5.41, 5.74) is -0.503. The Morgan fingerprint density at radius 2 is 1.68 bits per heavy atom. The zero-order chi connectivity index (χ0) is 14.3. The Kier molecular flexibility index (Phi) is 5.92. The lowest BCUT2D eigenvalue weighted by atomic mass is 10.2. The highest BCUT2D eigenvalue weighted by Gasteiger charge is 2.17. The molecule has 1 rings (SSSR count). The average molecular weight is 271 g/mol. The number of carbonyl (C=O) groups is 2. The molecule has 0 aromatic heterocycles. The molecule has 6 heteroatoms. The molecular formula is C13H25N3O3. The summed E-state index contributed by atoms with van der Waals surface area (Å²) in [5, 5.41) is 8.20. The molecule has 1 fully saturated rings. The van der Waals surface area contributed by atoms with Crippen molar-refractivity contribution >= 4 is 12.1 Å². The molecule has 0 bridgehead atoms. The molecule has 6 nitrogen and oxygen atoms in total. The summed E-state index contributed by atoms with van der Waals surface area (Å²) >= 11 is 0. The topological polar surface area (TPSA) is 79.5 Å². The molecule has 1 aliphatic rings. The molecule has 0 saturated heterocycles. The van der Waals surface area contributed by atoms with E-state index in [0.29, 0.717) is 19.1 Å². The lowest BCUT2D eigenvalue weighted by Gasteiger charge is -2.19. The van der Waals surface area contributed by atoms with Gasteiger partial charge in [0.15, 0.2) is 0 Å². The highest BCUT2D eigenvalue weighted by Crippen LogP contribution is 2.17. The quantitative estimate of drug-likeness (QED) is 0.682. The summed E-state index contributed by atoms with van der Waals surface area (Å²) in [7, 11) is 0. The zero-order valence-corrected chi connectivity index (χ0v) is 12.0. The largest absolute Gasteiger partial charge is 0.444 e. The Hall–Kier alpha value is -1.46. The number of nitrogens with one attached hydrogen (secondary N) is 3. The van der Waals surface area contributed by atoms with Crippen molar-refractivity contribution in [3.8, 4) is 0 Å². The molecule has 0 heterocycles. The Morgan fingerprint density at radius 3 is 2.26 bits per heavy atom. The van der Waals surface area contributed by atoms with E-state index in [9.17, 15) is 9.59 Å². The van der Waals surface area contributed by atoms with Crippen LogP contribution in [0.3, 0.4) is 0 Å². The lowest BCUT2D eigenvalue weighted by Crippen LogP contribution is -2.44. The van der Waals surface area contributed by atoms with Gasteiger partial charge in [0.05, 0.1) is 0 Å². The van der Waals surface area contributed by atoms with Gasteiger partial charge in [-0.25, -0.2) is 9.59 Å². The standard InChI is InChI=1S/C13H25N3O3/c1-13(2,3)19-12(18)15-9-8-14-11(17)16-10-6-4-5-7-10/h10H,4-9H2,1-3H3,(H,15,18)(H2,14,16,17). The van der Waals surface area contributed by atoms with Crippen LogP contribution in [0.15, 0.2) is 0 Å². The number of amides is 3. The molecular weight excluding hydrogens is 246 g/mol. The fourth-order valence-corrected chi connectivity index (χ4v) is 1.96. The predicted molar refractivity (Wildman–Crippen MR) is 73.0 cm³/mol. The molecule has 3 amide bonds. The van der Waals surface area contributed by atoms with Crippen LogP contribution in [0.4, 0.5) is 9.59 Å². The van der Waals surface area contributed by atoms with Crippen molar-refractivity contribution in [1.29, 1.82) is 0 Å². The van der Waals surface area contributed by atoms with Crippen LogP contribution in [-0.2, 0) is 4.74 Å². The van der Waals surface area contributed by atoms with Gasteiger partial charge in [0, 0.05) is 19.1 Å². The van der Waals surface area contributed by atoms with Gasteiger partial charge >= 0.3 is 12.1 Å². The molecule has 1 saturated carbocycles. The summed E-state index contributed by atoms with van der Waals surface area (Å²) in [6.45, 7) is 6.16. The van der Waals surface area contributed by atoms with Crippen LogP contribution < -0.4 is 16.0 Å². The third-order valence-corrected chi connectivity index (χ3v) is 2.77. The van der Waals surface area contributed by atoms with E-state index in [2.05, 4.69) is 16.0 Å². The van der Waals surface area contributed by atoms with Crippen molar-refractivity contribution in [2.75, 3.05) is 13.1 Å². The van der Waals surface area contributed by atoms with Gasteiger partial charge in [-0.05, 0) is 33.6 Å². The van der Waals surface area contributed by atoms with Crippen molar-refractivity contribution in [2.24, 2.45) is 0 Å². The minimum atomic E-state index is -0.503. The lowest BCUT2D eigenvalue weighted by molar-refractivity contribution is 0.0528. The fourth-order valence-electron chi connectivity index (χ4n) is 1.96. The summed E-state index contributed by atoms with van der Waals surface area (Å²) < 4.78 is 5.07. The molecule has 0 unspecified atom stereocenters. The van der Waals surface area contributed by atoms with Gasteiger partial charge in [-0.2, -0.15) is 0 Å². The Bertz CT molecular complexity index is 307. The van der Waals surface area contributed by atoms with Crippen LogP contribution in [0.2, 0.25) is 0 Å². The van der Waals surface area contributed by atoms with E-state index in [4.69, 9.17) is 4.74 Å². The molecule has 0 spiro atoms. The van der Waals surface area contributed by atoms with Gasteiger partial charge < -0.3 is 20.7 Å². The van der Waals surface area contributed by atoms with Gasteiger partial charge in [-0.3, -0.25) is 0 Å². The summed E-state index contributed by atoms with van der Waals surface area (Å²) in [6.07, 6.45) is 4.02. The summed E-state index contributed by atoms with van der Waals surface area (Å²) in [4.78, 5) is 22.8. The number of ether oxygens (including phenoxy) is 1. The molecule has 3 N–H and O–H groups in total. The average Bonchev–Trinajstić information content (AvgIpc) is 2.74. The second-order valence-corrected chi connectivity index (χ2v) is 5.81. The molecule has 0 aromatic carbocycles. The van der Waals surface area contributed by atoms with Gasteiger partial charge in [-0.15, -0.1) is 0 Å². The number of alkyl carbamates (subject to hydrolysis) is 1. The normalized spacial score (nSPS) is 15.9. The third-order valence-electron chi connectivity index (χ3n) is 2.77. The third kappa shape index (κ3) is 7.54. The number of hydrogen-bond donors (Lipinski definition) is 3. The van der Waals surface area contributed by atoms with Crippen LogP contribution in [0.1, 0.15) is 46.5 Å². The summed E-state index contributed by atoms with van der Waals surface area (Å²) in [6, 6.07) is 0.136. The Labute approximate surface area is 114 Å². The molecule has 0 aliphatic heterocycles. The Balaban J connectivity index is 2.03. The van der Waals surface area contributed by atoms with E-state index < -0.39 is 11.7 Å². The van der Waals surface area contributed by atoms with Crippen molar-refractivity contribution in [1.82, 2.24) is 16.0 Å². The minimum absolute atomic E-state index is 0.169. The second kappa shape index (κ2) is 7.21. The molecule has 0 atom stereocenters. The van der Waals surface area contributed by atoms with Crippen molar-refractivity contribution in [3.63, 3.8) is 0 Å². The van der Waals surface area contributed by atoms with Crippen LogP contribution >= 0.6 is 0 Å². The highest BCUT2D eigenvalue weighted by atomic mass is 16.6. The number of urea groups is 1. The zero-order valence-electron chi connectivity index (χ0n) is 12.0. The maximum absolute atomic E-state index is 11.5. The van der Waals surface area contributed by atoms with Crippen LogP contribution in [0.5, 0.6) is 0 Å². The fraction of sp³-hybridized carbons (Fsp3) is 0.846. The second-order valence-electron chi connectivity index (χ2n) is 5.81. The van der Waals surface area contributed by atoms with Gasteiger partial charge in [-0.1, -0.05) is 12.8 Å². The van der Waals surface area contributed by atoms with Crippen molar-refractivity contribution < 1.29 is 14.3 Å². The van der Waals surface area contributed by atoms with Crippen LogP contribution in [0.25, 0.3) is 0 Å². The monoisotopic (exact) mass is 271 g/mol. The SMILES string of the molecule is CC(C)(C)OC(=O)NCCNC(=O)NC1CCCC1. The van der Waals surface area contributed by atoms with Gasteiger partial charge in [0.1, 0.15) is 5.60 Å². The first kappa shape index (κ1) is 15.6. The Morgan fingerprint density at radius 1 is 1.11 bits per heavy atom. The number of carbonyl (C=O) groups excluding carboxylic acids is 2. The van der Waals surface area contributed by atoms with E-state index in [1.54, 1.807) is 20.8 Å². The first-order chi connectivity index (χ1) is 8.87. The minimum Gasteiger partial charge on any atom is -0.444 e. The maximum atomic E-state index is 11.5. The van der Waals surface area contributed by atoms with E-state index in [1.165, 1.54) is 12.8 Å². The number of hydrogen-bond acceptors (Lipinski definition) is 3. The van der Waals surface area contributed by atoms with Gasteiger partial charge in [0.2, 0.25) is 0 Å². The van der Waals surface area contributed by atoms with E-state index in [0.717, 1.165) is 12.8 Å². The van der Waals surface area contributed by atoms with Crippen LogP contribution in [0, 0.1) is 0 Å². The first-order valence-corrected chi connectivity index (χ1v) is 6.88. The van der Waals surface area contributed by atoms with E-state index >= 15 is 0 Å². The smallest absolute Gasteiger partial charge is 0.407 e. The maximum Gasteiger partial charge on any atom is 0.407 e. The van der Waals surface area contributed by atoms with Crippen LogP contribution in [-0.4, -0.2) is 36.9 Å². The van der Waals surface area contributed by atoms with Gasteiger partial charge in [0.25, 0.3) is 0 Å².